The molecule has 0 aliphatic heterocycles. The summed E-state index contributed by atoms with van der Waals surface area (Å²) in [6.45, 7) is 8.03. The highest BCUT2D eigenvalue weighted by Gasteiger charge is 2.10. The number of carbonyl (C=O) groups excluding carboxylic acids is 1. The predicted octanol–water partition coefficient (Wildman–Crippen LogP) is 4.83. The summed E-state index contributed by atoms with van der Waals surface area (Å²) in [5.74, 6) is 0.317. The fourth-order valence-electron chi connectivity index (χ4n) is 2.71. The molecule has 0 atom stereocenters. The minimum atomic E-state index is -0.309. The molecule has 0 bridgehead atoms. The molecule has 0 spiro atoms. The number of halogens is 1. The van der Waals surface area contributed by atoms with Crippen molar-refractivity contribution in [1.29, 1.82) is 0 Å². The lowest BCUT2D eigenvalue weighted by atomic mass is 10.1. The first-order valence-corrected chi connectivity index (χ1v) is 9.60. The van der Waals surface area contributed by atoms with Crippen LogP contribution in [0.15, 0.2) is 34.8 Å². The van der Waals surface area contributed by atoms with Gasteiger partial charge in [-0.3, -0.25) is 10.1 Å². The molecule has 4 nitrogen and oxygen atoms in total. The minimum Gasteiger partial charge on any atom is -0.483 e. The van der Waals surface area contributed by atoms with Crippen LogP contribution < -0.4 is 15.4 Å². The van der Waals surface area contributed by atoms with E-state index in [0.29, 0.717) is 5.75 Å². The van der Waals surface area contributed by atoms with Gasteiger partial charge in [0.1, 0.15) is 5.75 Å². The largest absolute Gasteiger partial charge is 0.483 e. The molecular formula is C20H23BrN2O2S. The van der Waals surface area contributed by atoms with Gasteiger partial charge in [0.2, 0.25) is 0 Å². The van der Waals surface area contributed by atoms with Crippen molar-refractivity contribution in [1.82, 2.24) is 5.32 Å². The average molecular weight is 435 g/mol. The van der Waals surface area contributed by atoms with Crippen molar-refractivity contribution in [2.45, 2.75) is 34.1 Å². The van der Waals surface area contributed by atoms with Gasteiger partial charge in [0.15, 0.2) is 11.7 Å². The van der Waals surface area contributed by atoms with Gasteiger partial charge in [-0.1, -0.05) is 30.7 Å². The molecule has 0 heterocycles. The maximum atomic E-state index is 12.1. The van der Waals surface area contributed by atoms with E-state index in [1.807, 2.05) is 39.0 Å². The van der Waals surface area contributed by atoms with Crippen molar-refractivity contribution in [3.05, 3.63) is 57.1 Å². The van der Waals surface area contributed by atoms with Crippen LogP contribution in [0, 0.1) is 20.8 Å². The third-order valence-corrected chi connectivity index (χ3v) is 4.76. The summed E-state index contributed by atoms with van der Waals surface area (Å²) in [5.41, 5.74) is 5.46. The summed E-state index contributed by atoms with van der Waals surface area (Å²) in [6.07, 6.45) is 0.942. The summed E-state index contributed by atoms with van der Waals surface area (Å²) >= 11 is 8.71. The van der Waals surface area contributed by atoms with Gasteiger partial charge in [0.25, 0.3) is 5.91 Å². The van der Waals surface area contributed by atoms with Crippen molar-refractivity contribution in [3.63, 3.8) is 0 Å². The molecule has 0 aliphatic carbocycles. The monoisotopic (exact) mass is 434 g/mol. The topological polar surface area (TPSA) is 50.4 Å². The van der Waals surface area contributed by atoms with E-state index in [4.69, 9.17) is 17.0 Å². The number of amides is 1. The zero-order valence-corrected chi connectivity index (χ0v) is 17.8. The van der Waals surface area contributed by atoms with Crippen LogP contribution in [0.1, 0.15) is 29.2 Å². The second-order valence-corrected chi connectivity index (χ2v) is 7.45. The first-order chi connectivity index (χ1) is 12.3. The molecule has 0 saturated heterocycles. The van der Waals surface area contributed by atoms with Crippen LogP contribution >= 0.6 is 28.1 Å². The molecule has 138 valence electrons. The Balaban J connectivity index is 1.91. The van der Waals surface area contributed by atoms with Gasteiger partial charge in [0.05, 0.1) is 4.47 Å². The second kappa shape index (κ2) is 9.14. The van der Waals surface area contributed by atoms with Crippen LogP contribution in [-0.2, 0) is 11.2 Å². The van der Waals surface area contributed by atoms with Crippen molar-refractivity contribution in [2.24, 2.45) is 0 Å². The molecule has 2 aromatic rings. The van der Waals surface area contributed by atoms with E-state index in [2.05, 4.69) is 45.6 Å². The van der Waals surface area contributed by atoms with Crippen LogP contribution in [0.4, 0.5) is 5.69 Å². The molecule has 2 aromatic carbocycles. The average Bonchev–Trinajstić information content (AvgIpc) is 2.56. The van der Waals surface area contributed by atoms with Gasteiger partial charge in [-0.2, -0.15) is 0 Å². The predicted molar refractivity (Wildman–Crippen MR) is 114 cm³/mol. The maximum absolute atomic E-state index is 12.1. The molecule has 26 heavy (non-hydrogen) atoms. The lowest BCUT2D eigenvalue weighted by Crippen LogP contribution is -2.37. The highest BCUT2D eigenvalue weighted by atomic mass is 79.9. The molecule has 2 rings (SSSR count). The van der Waals surface area contributed by atoms with Crippen LogP contribution in [0.2, 0.25) is 0 Å². The number of hydrogen-bond donors (Lipinski definition) is 2. The first kappa shape index (κ1) is 20.4. The third kappa shape index (κ3) is 5.54. The lowest BCUT2D eigenvalue weighted by Gasteiger charge is -2.15. The highest BCUT2D eigenvalue weighted by Crippen LogP contribution is 2.26. The molecule has 1 amide bonds. The maximum Gasteiger partial charge on any atom is 0.264 e. The number of carbonyl (C=O) groups is 1. The molecule has 0 aliphatic rings. The quantitative estimate of drug-likeness (QED) is 0.661. The smallest absolute Gasteiger partial charge is 0.264 e. The summed E-state index contributed by atoms with van der Waals surface area (Å²) in [5, 5.41) is 6.01. The van der Waals surface area contributed by atoms with Crippen molar-refractivity contribution < 1.29 is 9.53 Å². The number of hydrogen-bond acceptors (Lipinski definition) is 3. The molecule has 0 unspecified atom stereocenters. The van der Waals surface area contributed by atoms with Gasteiger partial charge < -0.3 is 10.1 Å². The number of benzene rings is 2. The molecule has 6 heteroatoms. The Hall–Kier alpha value is -1.92. The summed E-state index contributed by atoms with van der Waals surface area (Å²) in [4.78, 5) is 12.1. The molecule has 0 fully saturated rings. The zero-order valence-electron chi connectivity index (χ0n) is 15.4. The van der Waals surface area contributed by atoms with E-state index in [1.54, 1.807) is 0 Å². The third-order valence-electron chi connectivity index (χ3n) is 3.93. The Labute approximate surface area is 168 Å². The SMILES string of the molecule is CCc1ccc(OCC(=O)NC(=S)Nc2c(C)cc(C)cc2C)c(Br)c1. The van der Waals surface area contributed by atoms with Crippen molar-refractivity contribution in [3.8, 4) is 5.75 Å². The van der Waals surface area contributed by atoms with Crippen LogP contribution in [0.3, 0.4) is 0 Å². The Bertz CT molecular complexity index is 814. The summed E-state index contributed by atoms with van der Waals surface area (Å²) in [7, 11) is 0. The van der Waals surface area contributed by atoms with Gasteiger partial charge in [-0.25, -0.2) is 0 Å². The minimum absolute atomic E-state index is 0.113. The molecule has 0 radical (unpaired) electrons. The van der Waals surface area contributed by atoms with Gasteiger partial charge in [-0.05, 0) is 84.2 Å². The Morgan fingerprint density at radius 3 is 2.38 bits per heavy atom. The first-order valence-electron chi connectivity index (χ1n) is 8.40. The fourth-order valence-corrected chi connectivity index (χ4v) is 3.47. The Morgan fingerprint density at radius 2 is 1.81 bits per heavy atom. The Kier molecular flexibility index (Phi) is 7.17. The summed E-state index contributed by atoms with van der Waals surface area (Å²) < 4.78 is 6.40. The van der Waals surface area contributed by atoms with Crippen molar-refractivity contribution >= 4 is 44.9 Å². The molecular weight excluding hydrogens is 412 g/mol. The van der Waals surface area contributed by atoms with E-state index in [-0.39, 0.29) is 17.6 Å². The molecule has 0 saturated carbocycles. The van der Waals surface area contributed by atoms with Crippen LogP contribution in [0.25, 0.3) is 0 Å². The highest BCUT2D eigenvalue weighted by molar-refractivity contribution is 9.10. The Morgan fingerprint density at radius 1 is 1.15 bits per heavy atom. The molecule has 2 N–H and O–H groups in total. The summed E-state index contributed by atoms with van der Waals surface area (Å²) in [6, 6.07) is 9.96. The lowest BCUT2D eigenvalue weighted by molar-refractivity contribution is -0.121. The molecule has 0 aromatic heterocycles. The fraction of sp³-hybridized carbons (Fsp3) is 0.300. The van der Waals surface area contributed by atoms with Crippen LogP contribution in [-0.4, -0.2) is 17.6 Å². The van der Waals surface area contributed by atoms with Gasteiger partial charge in [-0.15, -0.1) is 0 Å². The standard InChI is InChI=1S/C20H23BrN2O2S/c1-5-15-6-7-17(16(21)10-15)25-11-18(24)22-20(26)23-19-13(3)8-12(2)9-14(19)4/h6-10H,5,11H2,1-4H3,(H2,22,23,24,26). The number of nitrogens with one attached hydrogen (secondary N) is 2. The number of anilines is 1. The number of ether oxygens (including phenoxy) is 1. The number of thiocarbonyl (C=S) groups is 1. The second-order valence-electron chi connectivity index (χ2n) is 6.18. The van der Waals surface area contributed by atoms with E-state index < -0.39 is 0 Å². The van der Waals surface area contributed by atoms with E-state index >= 15 is 0 Å². The van der Waals surface area contributed by atoms with E-state index in [9.17, 15) is 4.79 Å². The van der Waals surface area contributed by atoms with Crippen molar-refractivity contribution in [2.75, 3.05) is 11.9 Å². The van der Waals surface area contributed by atoms with E-state index in [1.165, 1.54) is 11.1 Å². The van der Waals surface area contributed by atoms with Crippen LogP contribution in [0.5, 0.6) is 5.75 Å². The number of rotatable bonds is 5. The van der Waals surface area contributed by atoms with E-state index in [0.717, 1.165) is 27.7 Å². The number of aryl methyl sites for hydroxylation is 4. The van der Waals surface area contributed by atoms with Gasteiger partial charge >= 0.3 is 0 Å². The van der Waals surface area contributed by atoms with Gasteiger partial charge in [0, 0.05) is 5.69 Å². The zero-order chi connectivity index (χ0) is 19.3. The normalized spacial score (nSPS) is 10.3.